The molecule has 2 amide bonds. The van der Waals surface area contributed by atoms with Crippen LogP contribution in [0.5, 0.6) is 0 Å². The summed E-state index contributed by atoms with van der Waals surface area (Å²) >= 11 is 0. The minimum Gasteiger partial charge on any atom is -0.352 e. The summed E-state index contributed by atoms with van der Waals surface area (Å²) in [7, 11) is 0. The van der Waals surface area contributed by atoms with E-state index in [4.69, 9.17) is 0 Å². The van der Waals surface area contributed by atoms with Crippen LogP contribution in [0.25, 0.3) is 0 Å². The molecule has 1 unspecified atom stereocenters. The summed E-state index contributed by atoms with van der Waals surface area (Å²) < 4.78 is 0. The van der Waals surface area contributed by atoms with Gasteiger partial charge in [-0.2, -0.15) is 0 Å². The Morgan fingerprint density at radius 2 is 1.90 bits per heavy atom. The highest BCUT2D eigenvalue weighted by Gasteiger charge is 2.14. The van der Waals surface area contributed by atoms with Gasteiger partial charge in [0.2, 0.25) is 5.91 Å². The number of benzene rings is 1. The average molecular weight is 291 g/mol. The Hall–Kier alpha value is -1.88. The van der Waals surface area contributed by atoms with Crippen LogP contribution >= 0.6 is 0 Å². The van der Waals surface area contributed by atoms with Crippen LogP contribution in [0, 0.1) is 0 Å². The zero-order chi connectivity index (χ0) is 15.7. The van der Waals surface area contributed by atoms with E-state index in [1.165, 1.54) is 0 Å². The van der Waals surface area contributed by atoms with Gasteiger partial charge in [-0.05, 0) is 32.0 Å². The molecule has 1 atom stereocenters. The lowest BCUT2D eigenvalue weighted by molar-refractivity contribution is -0.116. The summed E-state index contributed by atoms with van der Waals surface area (Å²) in [5, 5.41) is 8.83. The van der Waals surface area contributed by atoms with Crippen LogP contribution in [0.3, 0.4) is 0 Å². The predicted octanol–water partition coefficient (Wildman–Crippen LogP) is 2.15. The first-order chi connectivity index (χ1) is 10.1. The molecule has 116 valence electrons. The van der Waals surface area contributed by atoms with E-state index in [1.54, 1.807) is 24.3 Å². The number of anilines is 1. The Balaban J connectivity index is 2.70. The molecule has 1 aromatic carbocycles. The molecule has 0 spiro atoms. The molecule has 0 heterocycles. The molecule has 0 bridgehead atoms. The fourth-order valence-corrected chi connectivity index (χ4v) is 2.02. The van der Waals surface area contributed by atoms with Gasteiger partial charge in [-0.15, -0.1) is 0 Å². The molecule has 0 aliphatic heterocycles. The van der Waals surface area contributed by atoms with Crippen molar-refractivity contribution in [2.24, 2.45) is 0 Å². The lowest BCUT2D eigenvalue weighted by Crippen LogP contribution is -2.31. The molecule has 21 heavy (non-hydrogen) atoms. The van der Waals surface area contributed by atoms with E-state index in [0.29, 0.717) is 24.2 Å². The first-order valence-electron chi connectivity index (χ1n) is 7.48. The SMILES string of the molecule is CCCNC(=O)c1ccccc1NC(=O)CC(C)NCC. The van der Waals surface area contributed by atoms with Crippen LogP contribution in [0.15, 0.2) is 24.3 Å². The van der Waals surface area contributed by atoms with Crippen LogP contribution in [0.1, 0.15) is 44.0 Å². The number of hydrogen-bond acceptors (Lipinski definition) is 3. The van der Waals surface area contributed by atoms with Gasteiger partial charge in [-0.1, -0.05) is 26.0 Å². The lowest BCUT2D eigenvalue weighted by Gasteiger charge is -2.14. The molecule has 0 aromatic heterocycles. The number of amides is 2. The van der Waals surface area contributed by atoms with Gasteiger partial charge in [0.05, 0.1) is 11.3 Å². The van der Waals surface area contributed by atoms with E-state index >= 15 is 0 Å². The quantitative estimate of drug-likeness (QED) is 0.687. The van der Waals surface area contributed by atoms with Gasteiger partial charge in [-0.3, -0.25) is 9.59 Å². The van der Waals surface area contributed by atoms with Gasteiger partial charge in [0, 0.05) is 19.0 Å². The highest BCUT2D eigenvalue weighted by atomic mass is 16.2. The topological polar surface area (TPSA) is 70.2 Å². The molecule has 3 N–H and O–H groups in total. The fourth-order valence-electron chi connectivity index (χ4n) is 2.02. The second kappa shape index (κ2) is 9.13. The number of hydrogen-bond donors (Lipinski definition) is 3. The number of nitrogens with one attached hydrogen (secondary N) is 3. The molecular formula is C16H25N3O2. The van der Waals surface area contributed by atoms with Crippen molar-refractivity contribution in [1.29, 1.82) is 0 Å². The van der Waals surface area contributed by atoms with E-state index in [2.05, 4.69) is 16.0 Å². The van der Waals surface area contributed by atoms with Crippen molar-refractivity contribution in [2.45, 2.75) is 39.7 Å². The zero-order valence-corrected chi connectivity index (χ0v) is 13.0. The van der Waals surface area contributed by atoms with Crippen molar-refractivity contribution in [2.75, 3.05) is 18.4 Å². The molecule has 0 aliphatic rings. The third kappa shape index (κ3) is 5.95. The summed E-state index contributed by atoms with van der Waals surface area (Å²) in [5.41, 5.74) is 1.05. The summed E-state index contributed by atoms with van der Waals surface area (Å²) in [5.74, 6) is -0.258. The van der Waals surface area contributed by atoms with Gasteiger partial charge in [0.25, 0.3) is 5.91 Å². The van der Waals surface area contributed by atoms with E-state index in [-0.39, 0.29) is 17.9 Å². The summed E-state index contributed by atoms with van der Waals surface area (Å²) in [6, 6.07) is 7.17. The maximum atomic E-state index is 12.1. The van der Waals surface area contributed by atoms with Crippen LogP contribution in [-0.4, -0.2) is 30.9 Å². The minimum atomic E-state index is -0.160. The fraction of sp³-hybridized carbons (Fsp3) is 0.500. The van der Waals surface area contributed by atoms with E-state index in [1.807, 2.05) is 20.8 Å². The second-order valence-electron chi connectivity index (χ2n) is 5.01. The van der Waals surface area contributed by atoms with Crippen molar-refractivity contribution in [3.05, 3.63) is 29.8 Å². The normalized spacial score (nSPS) is 11.8. The van der Waals surface area contributed by atoms with E-state index in [0.717, 1.165) is 13.0 Å². The van der Waals surface area contributed by atoms with Crippen molar-refractivity contribution >= 4 is 17.5 Å². The maximum absolute atomic E-state index is 12.1. The monoisotopic (exact) mass is 291 g/mol. The number of carbonyl (C=O) groups excluding carboxylic acids is 2. The molecule has 5 nitrogen and oxygen atoms in total. The Bertz CT molecular complexity index is 474. The average Bonchev–Trinajstić information content (AvgIpc) is 2.45. The van der Waals surface area contributed by atoms with Crippen LogP contribution < -0.4 is 16.0 Å². The second-order valence-corrected chi connectivity index (χ2v) is 5.01. The highest BCUT2D eigenvalue weighted by Crippen LogP contribution is 2.15. The van der Waals surface area contributed by atoms with E-state index in [9.17, 15) is 9.59 Å². The van der Waals surface area contributed by atoms with Gasteiger partial charge < -0.3 is 16.0 Å². The van der Waals surface area contributed by atoms with Crippen molar-refractivity contribution < 1.29 is 9.59 Å². The molecule has 1 aromatic rings. The van der Waals surface area contributed by atoms with Gasteiger partial charge in [-0.25, -0.2) is 0 Å². The van der Waals surface area contributed by atoms with E-state index < -0.39 is 0 Å². The van der Waals surface area contributed by atoms with Gasteiger partial charge >= 0.3 is 0 Å². The van der Waals surface area contributed by atoms with Crippen molar-refractivity contribution in [3.8, 4) is 0 Å². The number of carbonyl (C=O) groups is 2. The largest absolute Gasteiger partial charge is 0.352 e. The highest BCUT2D eigenvalue weighted by molar-refractivity contribution is 6.03. The summed E-state index contributed by atoms with van der Waals surface area (Å²) in [6.07, 6.45) is 1.25. The molecule has 1 rings (SSSR count). The summed E-state index contributed by atoms with van der Waals surface area (Å²) in [6.45, 7) is 7.41. The molecular weight excluding hydrogens is 266 g/mol. The molecule has 0 saturated heterocycles. The van der Waals surface area contributed by atoms with Crippen molar-refractivity contribution in [1.82, 2.24) is 10.6 Å². The summed E-state index contributed by atoms with van der Waals surface area (Å²) in [4.78, 5) is 24.1. The van der Waals surface area contributed by atoms with Crippen LogP contribution in [0.2, 0.25) is 0 Å². The van der Waals surface area contributed by atoms with Crippen LogP contribution in [0.4, 0.5) is 5.69 Å². The minimum absolute atomic E-state index is 0.0980. The first kappa shape index (κ1) is 17.2. The standard InChI is InChI=1S/C16H25N3O2/c1-4-10-18-16(21)13-8-6-7-9-14(13)19-15(20)11-12(3)17-5-2/h6-9,12,17H,4-5,10-11H2,1-3H3,(H,18,21)(H,19,20). The number of rotatable bonds is 8. The molecule has 5 heteroatoms. The molecule has 0 aliphatic carbocycles. The molecule has 0 radical (unpaired) electrons. The third-order valence-electron chi connectivity index (χ3n) is 3.03. The lowest BCUT2D eigenvalue weighted by atomic mass is 10.1. The Kier molecular flexibility index (Phi) is 7.46. The first-order valence-corrected chi connectivity index (χ1v) is 7.48. The Morgan fingerprint density at radius 1 is 1.19 bits per heavy atom. The molecule has 0 saturated carbocycles. The van der Waals surface area contributed by atoms with Gasteiger partial charge in [0.1, 0.15) is 0 Å². The predicted molar refractivity (Wildman–Crippen MR) is 85.5 cm³/mol. The van der Waals surface area contributed by atoms with Gasteiger partial charge in [0.15, 0.2) is 0 Å². The third-order valence-corrected chi connectivity index (χ3v) is 3.03. The number of para-hydroxylation sites is 1. The van der Waals surface area contributed by atoms with Crippen LogP contribution in [-0.2, 0) is 4.79 Å². The maximum Gasteiger partial charge on any atom is 0.253 e. The smallest absolute Gasteiger partial charge is 0.253 e. The Morgan fingerprint density at radius 3 is 2.57 bits per heavy atom. The van der Waals surface area contributed by atoms with Crippen molar-refractivity contribution in [3.63, 3.8) is 0 Å². The zero-order valence-electron chi connectivity index (χ0n) is 13.0. The molecule has 0 fully saturated rings. The Labute approximate surface area is 126 Å².